The van der Waals surface area contributed by atoms with Crippen molar-refractivity contribution in [2.75, 3.05) is 0 Å². The van der Waals surface area contributed by atoms with Gasteiger partial charge >= 0.3 is 0 Å². The molecule has 0 amide bonds. The first-order valence-corrected chi connectivity index (χ1v) is 6.32. The summed E-state index contributed by atoms with van der Waals surface area (Å²) in [6.07, 6.45) is 3.46. The molecule has 0 aliphatic heterocycles. The van der Waals surface area contributed by atoms with E-state index in [1.54, 1.807) is 6.20 Å². The van der Waals surface area contributed by atoms with Gasteiger partial charge in [-0.2, -0.15) is 0 Å². The monoisotopic (exact) mass is 244 g/mol. The van der Waals surface area contributed by atoms with Gasteiger partial charge in [-0.1, -0.05) is 32.1 Å². The molecular formula is C16H24N2. The number of aliphatic imine (C=N–C) groups is 1. The van der Waals surface area contributed by atoms with Gasteiger partial charge in [-0.3, -0.25) is 9.98 Å². The fourth-order valence-electron chi connectivity index (χ4n) is 1.68. The molecule has 0 unspecified atom stereocenters. The summed E-state index contributed by atoms with van der Waals surface area (Å²) in [6.45, 7) is 15.8. The van der Waals surface area contributed by atoms with Crippen molar-refractivity contribution in [3.8, 4) is 0 Å². The van der Waals surface area contributed by atoms with Gasteiger partial charge in [0, 0.05) is 34.9 Å². The first-order chi connectivity index (χ1) is 8.56. The Balaban J connectivity index is 0.00000137. The Hall–Kier alpha value is -1.70. The maximum Gasteiger partial charge on any atom is 0.0450 e. The minimum Gasteiger partial charge on any atom is -0.262 e. The van der Waals surface area contributed by atoms with Crippen LogP contribution in [0, 0.1) is 6.92 Å². The quantitative estimate of drug-likeness (QED) is 0.700. The van der Waals surface area contributed by atoms with Crippen LogP contribution in [0.4, 0.5) is 0 Å². The van der Waals surface area contributed by atoms with E-state index in [9.17, 15) is 0 Å². The highest BCUT2D eigenvalue weighted by molar-refractivity contribution is 6.23. The highest BCUT2D eigenvalue weighted by Gasteiger charge is 2.07. The van der Waals surface area contributed by atoms with Crippen molar-refractivity contribution >= 4 is 11.3 Å². The highest BCUT2D eigenvalue weighted by atomic mass is 14.7. The smallest absolute Gasteiger partial charge is 0.0450 e. The molecule has 0 N–H and O–H groups in total. The van der Waals surface area contributed by atoms with Crippen molar-refractivity contribution in [3.05, 3.63) is 47.9 Å². The molecule has 1 aromatic rings. The number of aryl methyl sites for hydroxylation is 1. The van der Waals surface area contributed by atoms with Gasteiger partial charge in [0.05, 0.1) is 0 Å². The lowest BCUT2D eigenvalue weighted by atomic mass is 9.99. The second-order valence-corrected chi connectivity index (χ2v) is 3.96. The molecule has 0 bridgehead atoms. The van der Waals surface area contributed by atoms with Gasteiger partial charge in [0.2, 0.25) is 0 Å². The lowest BCUT2D eigenvalue weighted by Crippen LogP contribution is -1.99. The minimum absolute atomic E-state index is 0.973. The van der Waals surface area contributed by atoms with E-state index in [1.165, 1.54) is 5.57 Å². The van der Waals surface area contributed by atoms with E-state index < -0.39 is 0 Å². The molecule has 1 heterocycles. The third-order valence-corrected chi connectivity index (χ3v) is 2.35. The number of rotatable bonds is 3. The van der Waals surface area contributed by atoms with Crippen LogP contribution in [0.25, 0.3) is 5.57 Å². The molecule has 0 atom stereocenters. The summed E-state index contributed by atoms with van der Waals surface area (Å²) in [5.74, 6) is 0. The third-order valence-electron chi connectivity index (χ3n) is 2.35. The van der Waals surface area contributed by atoms with E-state index in [0.29, 0.717) is 0 Å². The summed E-state index contributed by atoms with van der Waals surface area (Å²) in [4.78, 5) is 8.55. The third kappa shape index (κ3) is 4.66. The summed E-state index contributed by atoms with van der Waals surface area (Å²) in [5.41, 5.74) is 5.48. The minimum atomic E-state index is 0.973. The molecule has 2 nitrogen and oxygen atoms in total. The maximum atomic E-state index is 4.31. The maximum absolute atomic E-state index is 4.31. The van der Waals surface area contributed by atoms with Crippen LogP contribution in [0.3, 0.4) is 0 Å². The topological polar surface area (TPSA) is 25.2 Å². The summed E-state index contributed by atoms with van der Waals surface area (Å²) < 4.78 is 0. The van der Waals surface area contributed by atoms with Crippen molar-refractivity contribution in [2.24, 2.45) is 4.99 Å². The highest BCUT2D eigenvalue weighted by Crippen LogP contribution is 2.20. The number of nitrogens with zero attached hydrogens (tertiary/aromatic N) is 2. The lowest BCUT2D eigenvalue weighted by molar-refractivity contribution is 1.19. The largest absolute Gasteiger partial charge is 0.262 e. The number of aromatic nitrogens is 1. The van der Waals surface area contributed by atoms with E-state index in [4.69, 9.17) is 0 Å². The van der Waals surface area contributed by atoms with Crippen LogP contribution >= 0.6 is 0 Å². The summed E-state index contributed by atoms with van der Waals surface area (Å²) >= 11 is 0. The Morgan fingerprint density at radius 3 is 2.22 bits per heavy atom. The Labute approximate surface area is 111 Å². The van der Waals surface area contributed by atoms with Crippen molar-refractivity contribution in [3.63, 3.8) is 0 Å². The van der Waals surface area contributed by atoms with Gasteiger partial charge in [-0.15, -0.1) is 0 Å². The van der Waals surface area contributed by atoms with Gasteiger partial charge in [0.15, 0.2) is 0 Å². The Bertz CT molecular complexity index is 433. The standard InChI is InChI=1S/C14H18N2.C2H6/c1-6-15-12(5)14(10(2)3)13-8-7-11(4)16-9-13;1-2/h6-9H,1H2,2-5H3;1-2H3. The van der Waals surface area contributed by atoms with Gasteiger partial charge in [0.25, 0.3) is 0 Å². The number of hydrogen-bond donors (Lipinski definition) is 0. The fraction of sp³-hybridized carbons (Fsp3) is 0.375. The average Bonchev–Trinajstić information content (AvgIpc) is 2.34. The van der Waals surface area contributed by atoms with E-state index in [2.05, 4.69) is 36.5 Å². The van der Waals surface area contributed by atoms with Crippen molar-refractivity contribution in [1.29, 1.82) is 0 Å². The molecule has 0 fully saturated rings. The van der Waals surface area contributed by atoms with E-state index >= 15 is 0 Å². The molecular weight excluding hydrogens is 220 g/mol. The molecule has 0 aliphatic carbocycles. The van der Waals surface area contributed by atoms with Crippen LogP contribution in [0.15, 0.2) is 41.7 Å². The Morgan fingerprint density at radius 1 is 1.22 bits per heavy atom. The van der Waals surface area contributed by atoms with E-state index in [-0.39, 0.29) is 0 Å². The lowest BCUT2D eigenvalue weighted by Gasteiger charge is -2.09. The molecule has 1 aromatic heterocycles. The van der Waals surface area contributed by atoms with Crippen LogP contribution in [0.5, 0.6) is 0 Å². The molecule has 0 aliphatic rings. The first-order valence-electron chi connectivity index (χ1n) is 6.32. The van der Waals surface area contributed by atoms with Crippen molar-refractivity contribution in [2.45, 2.75) is 41.5 Å². The Kier molecular flexibility index (Phi) is 7.61. The first kappa shape index (κ1) is 16.3. The van der Waals surface area contributed by atoms with Gasteiger partial charge < -0.3 is 0 Å². The van der Waals surface area contributed by atoms with Crippen LogP contribution in [0.2, 0.25) is 0 Å². The summed E-state index contributed by atoms with van der Waals surface area (Å²) in [7, 11) is 0. The van der Waals surface area contributed by atoms with Crippen LogP contribution in [-0.2, 0) is 0 Å². The molecule has 0 radical (unpaired) electrons. The van der Waals surface area contributed by atoms with Crippen LogP contribution in [-0.4, -0.2) is 10.7 Å². The van der Waals surface area contributed by atoms with Crippen molar-refractivity contribution in [1.82, 2.24) is 4.98 Å². The predicted molar refractivity (Wildman–Crippen MR) is 81.9 cm³/mol. The average molecular weight is 244 g/mol. The van der Waals surface area contributed by atoms with Crippen molar-refractivity contribution < 1.29 is 0 Å². The van der Waals surface area contributed by atoms with Crippen LogP contribution < -0.4 is 0 Å². The number of allylic oxidation sites excluding steroid dienone is 2. The molecule has 2 heteroatoms. The van der Waals surface area contributed by atoms with Gasteiger partial charge in [-0.05, 0) is 33.8 Å². The number of hydrogen-bond acceptors (Lipinski definition) is 2. The zero-order chi connectivity index (χ0) is 14.1. The van der Waals surface area contributed by atoms with Crippen LogP contribution in [0.1, 0.15) is 45.9 Å². The molecule has 0 spiro atoms. The predicted octanol–water partition coefficient (Wildman–Crippen LogP) is 4.81. The number of pyridine rings is 1. The van der Waals surface area contributed by atoms with Gasteiger partial charge in [-0.25, -0.2) is 0 Å². The molecule has 0 saturated heterocycles. The summed E-state index contributed by atoms with van der Waals surface area (Å²) in [6, 6.07) is 4.09. The zero-order valence-electron chi connectivity index (χ0n) is 12.4. The molecule has 1 rings (SSSR count). The zero-order valence-corrected chi connectivity index (χ0v) is 12.4. The Morgan fingerprint density at radius 2 is 1.83 bits per heavy atom. The van der Waals surface area contributed by atoms with Gasteiger partial charge in [0.1, 0.15) is 0 Å². The molecule has 98 valence electrons. The summed E-state index contributed by atoms with van der Waals surface area (Å²) in [5, 5.41) is 0. The molecule has 0 aromatic carbocycles. The SMILES string of the molecule is C=CN=C(C)C(=C(C)C)c1ccc(C)nc1.CC. The fourth-order valence-corrected chi connectivity index (χ4v) is 1.68. The van der Waals surface area contributed by atoms with E-state index in [1.807, 2.05) is 40.0 Å². The van der Waals surface area contributed by atoms with E-state index in [0.717, 1.165) is 22.5 Å². The normalized spacial score (nSPS) is 10.2. The molecule has 0 saturated carbocycles. The second-order valence-electron chi connectivity index (χ2n) is 3.96. The second kappa shape index (κ2) is 8.40. The molecule has 18 heavy (non-hydrogen) atoms.